The molecule has 0 aliphatic rings. The maximum atomic E-state index is 13.1. The normalized spacial score (nSPS) is 12.3. The number of benzene rings is 1. The standard InChI is InChI=1S/C19H27FN4O/c1-13-10-15(20)7-6-14(13)8-9-22-18(21-5)24-12-17-23-11-16(25-17)19(2,3)4/h6-7,10-11H,8-9,12H2,1-5H3,(H2,21,22,24). The second-order valence-corrected chi connectivity index (χ2v) is 7.04. The van der Waals surface area contributed by atoms with Gasteiger partial charge in [-0.1, -0.05) is 26.8 Å². The Kier molecular flexibility index (Phi) is 6.17. The van der Waals surface area contributed by atoms with Gasteiger partial charge in [-0.05, 0) is 36.6 Å². The van der Waals surface area contributed by atoms with E-state index in [0.717, 1.165) is 23.3 Å². The van der Waals surface area contributed by atoms with Gasteiger partial charge in [0.15, 0.2) is 5.96 Å². The molecule has 0 unspecified atom stereocenters. The summed E-state index contributed by atoms with van der Waals surface area (Å²) in [5, 5.41) is 6.43. The average Bonchev–Trinajstić information content (AvgIpc) is 3.01. The van der Waals surface area contributed by atoms with Gasteiger partial charge in [-0.25, -0.2) is 9.37 Å². The summed E-state index contributed by atoms with van der Waals surface area (Å²) in [6, 6.07) is 4.87. The number of nitrogens with one attached hydrogen (secondary N) is 2. The van der Waals surface area contributed by atoms with Crippen molar-refractivity contribution in [2.45, 2.75) is 46.1 Å². The molecule has 0 saturated carbocycles. The third-order valence-corrected chi connectivity index (χ3v) is 3.91. The zero-order valence-corrected chi connectivity index (χ0v) is 15.6. The highest BCUT2D eigenvalue weighted by Crippen LogP contribution is 2.22. The molecule has 2 rings (SSSR count). The molecule has 0 aliphatic heterocycles. The minimum absolute atomic E-state index is 0.0573. The fourth-order valence-corrected chi connectivity index (χ4v) is 2.37. The highest BCUT2D eigenvalue weighted by Gasteiger charge is 2.19. The Morgan fingerprint density at radius 3 is 2.64 bits per heavy atom. The van der Waals surface area contributed by atoms with Crippen LogP contribution in [0.3, 0.4) is 0 Å². The van der Waals surface area contributed by atoms with Crippen LogP contribution in [0.25, 0.3) is 0 Å². The molecule has 2 aromatic rings. The zero-order chi connectivity index (χ0) is 18.4. The molecule has 0 fully saturated rings. The van der Waals surface area contributed by atoms with E-state index >= 15 is 0 Å². The van der Waals surface area contributed by atoms with Crippen LogP contribution < -0.4 is 10.6 Å². The van der Waals surface area contributed by atoms with Gasteiger partial charge in [0.05, 0.1) is 12.7 Å². The fourth-order valence-electron chi connectivity index (χ4n) is 2.37. The SMILES string of the molecule is CN=C(NCCc1ccc(F)cc1C)NCc1ncc(C(C)(C)C)o1. The highest BCUT2D eigenvalue weighted by molar-refractivity contribution is 5.79. The fraction of sp³-hybridized carbons (Fsp3) is 0.474. The van der Waals surface area contributed by atoms with Gasteiger partial charge in [0.2, 0.25) is 5.89 Å². The van der Waals surface area contributed by atoms with Crippen molar-refractivity contribution in [2.75, 3.05) is 13.6 Å². The quantitative estimate of drug-likeness (QED) is 0.644. The molecule has 0 bridgehead atoms. The van der Waals surface area contributed by atoms with Gasteiger partial charge < -0.3 is 15.1 Å². The van der Waals surface area contributed by atoms with Crippen molar-refractivity contribution in [3.8, 4) is 0 Å². The van der Waals surface area contributed by atoms with Crippen LogP contribution >= 0.6 is 0 Å². The first-order valence-corrected chi connectivity index (χ1v) is 8.44. The highest BCUT2D eigenvalue weighted by atomic mass is 19.1. The number of aromatic nitrogens is 1. The molecule has 136 valence electrons. The van der Waals surface area contributed by atoms with E-state index in [2.05, 4.69) is 41.4 Å². The molecular weight excluding hydrogens is 319 g/mol. The van der Waals surface area contributed by atoms with Gasteiger partial charge in [-0.3, -0.25) is 4.99 Å². The average molecular weight is 346 g/mol. The van der Waals surface area contributed by atoms with E-state index in [4.69, 9.17) is 4.42 Å². The van der Waals surface area contributed by atoms with Gasteiger partial charge in [-0.15, -0.1) is 0 Å². The van der Waals surface area contributed by atoms with Crippen LogP contribution in [0.15, 0.2) is 33.8 Å². The Morgan fingerprint density at radius 1 is 1.28 bits per heavy atom. The van der Waals surface area contributed by atoms with Crippen molar-refractivity contribution < 1.29 is 8.81 Å². The van der Waals surface area contributed by atoms with Crippen LogP contribution in [0, 0.1) is 12.7 Å². The van der Waals surface area contributed by atoms with Crippen LogP contribution in [0.1, 0.15) is 43.5 Å². The van der Waals surface area contributed by atoms with Gasteiger partial charge >= 0.3 is 0 Å². The number of nitrogens with zero attached hydrogens (tertiary/aromatic N) is 2. The molecule has 0 radical (unpaired) electrons. The van der Waals surface area contributed by atoms with E-state index < -0.39 is 0 Å². The molecule has 5 nitrogen and oxygen atoms in total. The van der Waals surface area contributed by atoms with E-state index in [0.29, 0.717) is 24.9 Å². The van der Waals surface area contributed by atoms with Crippen molar-refractivity contribution in [1.29, 1.82) is 0 Å². The summed E-state index contributed by atoms with van der Waals surface area (Å²) in [4.78, 5) is 8.48. The lowest BCUT2D eigenvalue weighted by molar-refractivity contribution is 0.379. The third kappa shape index (κ3) is 5.59. The summed E-state index contributed by atoms with van der Waals surface area (Å²) in [6.07, 6.45) is 2.56. The summed E-state index contributed by atoms with van der Waals surface area (Å²) in [5.41, 5.74) is 2.02. The molecule has 0 amide bonds. The van der Waals surface area contributed by atoms with Gasteiger partial charge in [0, 0.05) is 19.0 Å². The lowest BCUT2D eigenvalue weighted by atomic mass is 9.94. The number of guanidine groups is 1. The Morgan fingerprint density at radius 2 is 2.04 bits per heavy atom. The van der Waals surface area contributed by atoms with E-state index in [-0.39, 0.29) is 11.2 Å². The molecule has 1 heterocycles. The maximum absolute atomic E-state index is 13.1. The number of hydrogen-bond donors (Lipinski definition) is 2. The predicted molar refractivity (Wildman–Crippen MR) is 98.2 cm³/mol. The largest absolute Gasteiger partial charge is 0.443 e. The molecule has 2 N–H and O–H groups in total. The molecule has 1 aromatic carbocycles. The lowest BCUT2D eigenvalue weighted by Gasteiger charge is -2.13. The molecule has 6 heteroatoms. The molecule has 0 saturated heterocycles. The minimum atomic E-state index is -0.202. The molecule has 0 spiro atoms. The second kappa shape index (κ2) is 8.14. The molecule has 0 aliphatic carbocycles. The maximum Gasteiger partial charge on any atom is 0.213 e. The number of rotatable bonds is 5. The van der Waals surface area contributed by atoms with Gasteiger partial charge in [-0.2, -0.15) is 0 Å². The Bertz CT molecular complexity index is 731. The van der Waals surface area contributed by atoms with Crippen LogP contribution in [-0.4, -0.2) is 24.5 Å². The topological polar surface area (TPSA) is 62.5 Å². The molecule has 25 heavy (non-hydrogen) atoms. The third-order valence-electron chi connectivity index (χ3n) is 3.91. The number of aliphatic imine (C=N–C) groups is 1. The van der Waals surface area contributed by atoms with Crippen molar-refractivity contribution >= 4 is 5.96 Å². The van der Waals surface area contributed by atoms with Crippen molar-refractivity contribution in [2.24, 2.45) is 4.99 Å². The Labute approximate surface area is 148 Å². The summed E-state index contributed by atoms with van der Waals surface area (Å²) in [6.45, 7) is 9.34. The molecule has 0 atom stereocenters. The number of hydrogen-bond acceptors (Lipinski definition) is 3. The first-order chi connectivity index (χ1) is 11.8. The number of oxazole rings is 1. The van der Waals surface area contributed by atoms with Crippen LogP contribution in [-0.2, 0) is 18.4 Å². The minimum Gasteiger partial charge on any atom is -0.443 e. The smallest absolute Gasteiger partial charge is 0.213 e. The zero-order valence-electron chi connectivity index (χ0n) is 15.6. The number of halogens is 1. The van der Waals surface area contributed by atoms with Crippen LogP contribution in [0.2, 0.25) is 0 Å². The second-order valence-electron chi connectivity index (χ2n) is 7.04. The van der Waals surface area contributed by atoms with E-state index in [1.807, 2.05) is 13.0 Å². The Hall–Kier alpha value is -2.37. The van der Waals surface area contributed by atoms with Gasteiger partial charge in [0.25, 0.3) is 0 Å². The van der Waals surface area contributed by atoms with Crippen LogP contribution in [0.4, 0.5) is 4.39 Å². The summed E-state index contributed by atoms with van der Waals surface area (Å²) < 4.78 is 18.9. The summed E-state index contributed by atoms with van der Waals surface area (Å²) in [5.74, 6) is 1.96. The Balaban J connectivity index is 1.82. The summed E-state index contributed by atoms with van der Waals surface area (Å²) >= 11 is 0. The van der Waals surface area contributed by atoms with E-state index in [9.17, 15) is 4.39 Å². The van der Waals surface area contributed by atoms with Crippen molar-refractivity contribution in [3.05, 3.63) is 53.0 Å². The first-order valence-electron chi connectivity index (χ1n) is 8.44. The monoisotopic (exact) mass is 346 g/mol. The number of aryl methyl sites for hydroxylation is 1. The lowest BCUT2D eigenvalue weighted by Crippen LogP contribution is -2.38. The van der Waals surface area contributed by atoms with Crippen LogP contribution in [0.5, 0.6) is 0 Å². The van der Waals surface area contributed by atoms with Crippen molar-refractivity contribution in [1.82, 2.24) is 15.6 Å². The molecule has 1 aromatic heterocycles. The summed E-state index contributed by atoms with van der Waals surface area (Å²) in [7, 11) is 1.72. The van der Waals surface area contributed by atoms with E-state index in [1.54, 1.807) is 19.3 Å². The van der Waals surface area contributed by atoms with Crippen molar-refractivity contribution in [3.63, 3.8) is 0 Å². The predicted octanol–water partition coefficient (Wildman–Crippen LogP) is 3.33. The first kappa shape index (κ1) is 19.0. The van der Waals surface area contributed by atoms with E-state index in [1.165, 1.54) is 6.07 Å². The molecular formula is C19H27FN4O. The van der Waals surface area contributed by atoms with Gasteiger partial charge in [0.1, 0.15) is 11.6 Å².